The Bertz CT molecular complexity index is 1120. The molecule has 1 fully saturated rings. The van der Waals surface area contributed by atoms with Crippen LogP contribution in [-0.4, -0.2) is 53.8 Å². The Kier molecular flexibility index (Phi) is 8.16. The fourth-order valence-electron chi connectivity index (χ4n) is 3.92. The number of benzene rings is 2. The van der Waals surface area contributed by atoms with Crippen molar-refractivity contribution >= 4 is 22.4 Å². The Labute approximate surface area is 204 Å². The van der Waals surface area contributed by atoms with Crippen molar-refractivity contribution in [2.75, 3.05) is 38.2 Å². The van der Waals surface area contributed by atoms with Crippen LogP contribution in [0, 0.1) is 13.8 Å². The van der Waals surface area contributed by atoms with Crippen LogP contribution >= 0.6 is 11.3 Å². The number of aromatic nitrogens is 1. The third kappa shape index (κ3) is 6.56. The summed E-state index contributed by atoms with van der Waals surface area (Å²) in [4.78, 5) is 17.8. The van der Waals surface area contributed by atoms with Gasteiger partial charge in [0.25, 0.3) is 0 Å². The topological polar surface area (TPSA) is 83.9 Å². The number of hydrogen-bond acceptors (Lipinski definition) is 7. The van der Waals surface area contributed by atoms with E-state index in [0.29, 0.717) is 18.3 Å². The van der Waals surface area contributed by atoms with E-state index < -0.39 is 5.97 Å². The lowest BCUT2D eigenvalue weighted by molar-refractivity contribution is -0.136. The van der Waals surface area contributed by atoms with Crippen LogP contribution in [0.15, 0.2) is 41.8 Å². The zero-order valence-electron chi connectivity index (χ0n) is 19.7. The molecule has 0 aliphatic carbocycles. The van der Waals surface area contributed by atoms with E-state index in [2.05, 4.69) is 46.4 Å². The van der Waals surface area contributed by atoms with Crippen molar-refractivity contribution in [3.63, 3.8) is 0 Å². The molecule has 2 aromatic carbocycles. The highest BCUT2D eigenvalue weighted by molar-refractivity contribution is 7.14. The van der Waals surface area contributed by atoms with Gasteiger partial charge in [-0.25, -0.2) is 4.98 Å². The second-order valence-corrected chi connectivity index (χ2v) is 9.40. The van der Waals surface area contributed by atoms with Gasteiger partial charge in [-0.05, 0) is 42.7 Å². The van der Waals surface area contributed by atoms with Crippen LogP contribution in [0.3, 0.4) is 0 Å². The third-order valence-corrected chi connectivity index (χ3v) is 6.63. The van der Waals surface area contributed by atoms with E-state index >= 15 is 0 Å². The van der Waals surface area contributed by atoms with Crippen LogP contribution in [0.2, 0.25) is 0 Å². The van der Waals surface area contributed by atoms with Gasteiger partial charge in [-0.15, -0.1) is 11.3 Å². The fourth-order valence-corrected chi connectivity index (χ4v) is 4.66. The van der Waals surface area contributed by atoms with Gasteiger partial charge in [0.2, 0.25) is 0 Å². The standard InChI is InChI=1S/C26H31N3O4S/c1-18-3-6-24(22(13-18)23-17-34-26(28-23)27-8-7-25(30)31)33-16-21-5-4-20(14-19(21)2)15-29-9-11-32-12-10-29/h3-6,13-14,17H,7-12,15-16H2,1-2H3,(H,27,28)(H,30,31). The molecule has 4 rings (SSSR count). The first-order valence-corrected chi connectivity index (χ1v) is 12.4. The smallest absolute Gasteiger partial charge is 0.305 e. The largest absolute Gasteiger partial charge is 0.488 e. The van der Waals surface area contributed by atoms with Gasteiger partial charge in [-0.1, -0.05) is 29.8 Å². The maximum Gasteiger partial charge on any atom is 0.305 e. The molecular formula is C26H31N3O4S. The molecule has 1 aliphatic heterocycles. The molecule has 3 aromatic rings. The summed E-state index contributed by atoms with van der Waals surface area (Å²) in [5.41, 5.74) is 6.57. The molecule has 2 heterocycles. The van der Waals surface area contributed by atoms with E-state index in [1.807, 2.05) is 24.4 Å². The van der Waals surface area contributed by atoms with Gasteiger partial charge >= 0.3 is 5.97 Å². The predicted octanol–water partition coefficient (Wildman–Crippen LogP) is 4.72. The monoisotopic (exact) mass is 481 g/mol. The van der Waals surface area contributed by atoms with Crippen molar-refractivity contribution in [1.29, 1.82) is 0 Å². The Balaban J connectivity index is 1.42. The highest BCUT2D eigenvalue weighted by atomic mass is 32.1. The van der Waals surface area contributed by atoms with Crippen LogP contribution in [-0.2, 0) is 22.7 Å². The quantitative estimate of drug-likeness (QED) is 0.433. The van der Waals surface area contributed by atoms with Gasteiger partial charge in [0, 0.05) is 37.1 Å². The number of ether oxygens (including phenoxy) is 2. The molecule has 0 amide bonds. The molecule has 180 valence electrons. The minimum Gasteiger partial charge on any atom is -0.488 e. The summed E-state index contributed by atoms with van der Waals surface area (Å²) in [6.07, 6.45) is 0.0539. The predicted molar refractivity (Wildman–Crippen MR) is 135 cm³/mol. The van der Waals surface area contributed by atoms with Crippen LogP contribution in [0.4, 0.5) is 5.13 Å². The average Bonchev–Trinajstić information content (AvgIpc) is 3.28. The molecule has 0 atom stereocenters. The molecular weight excluding hydrogens is 450 g/mol. The van der Waals surface area contributed by atoms with Crippen molar-refractivity contribution in [3.8, 4) is 17.0 Å². The van der Waals surface area contributed by atoms with E-state index in [1.54, 1.807) is 0 Å². The minimum absolute atomic E-state index is 0.0539. The van der Waals surface area contributed by atoms with E-state index in [-0.39, 0.29) is 6.42 Å². The number of carboxylic acid groups (broad SMARTS) is 1. The molecule has 0 bridgehead atoms. The normalized spacial score (nSPS) is 14.2. The number of aliphatic carboxylic acids is 1. The molecule has 0 radical (unpaired) electrons. The van der Waals surface area contributed by atoms with Crippen molar-refractivity contribution in [2.24, 2.45) is 0 Å². The van der Waals surface area contributed by atoms with Gasteiger partial charge < -0.3 is 19.9 Å². The van der Waals surface area contributed by atoms with E-state index in [1.165, 1.54) is 22.5 Å². The average molecular weight is 482 g/mol. The van der Waals surface area contributed by atoms with E-state index in [9.17, 15) is 4.79 Å². The Hall–Kier alpha value is -2.94. The Morgan fingerprint density at radius 3 is 2.79 bits per heavy atom. The summed E-state index contributed by atoms with van der Waals surface area (Å²) in [5.74, 6) is -0.0483. The van der Waals surface area contributed by atoms with Crippen LogP contribution in [0.1, 0.15) is 28.7 Å². The summed E-state index contributed by atoms with van der Waals surface area (Å²) in [5, 5.41) is 14.6. The zero-order chi connectivity index (χ0) is 23.9. The number of carbonyl (C=O) groups is 1. The number of aryl methyl sites for hydroxylation is 2. The van der Waals surface area contributed by atoms with Crippen molar-refractivity contribution in [2.45, 2.75) is 33.4 Å². The molecule has 1 aliphatic rings. The van der Waals surface area contributed by atoms with E-state index in [4.69, 9.17) is 14.6 Å². The number of nitrogens with one attached hydrogen (secondary N) is 1. The van der Waals surface area contributed by atoms with Gasteiger partial charge in [0.05, 0.1) is 25.3 Å². The minimum atomic E-state index is -0.830. The van der Waals surface area contributed by atoms with Gasteiger partial charge in [0.1, 0.15) is 12.4 Å². The van der Waals surface area contributed by atoms with Gasteiger partial charge in [0.15, 0.2) is 5.13 Å². The molecule has 0 saturated carbocycles. The summed E-state index contributed by atoms with van der Waals surface area (Å²) in [6.45, 7) is 9.52. The number of nitrogens with zero attached hydrogens (tertiary/aromatic N) is 2. The number of thiazole rings is 1. The molecule has 7 nitrogen and oxygen atoms in total. The zero-order valence-corrected chi connectivity index (χ0v) is 20.5. The number of hydrogen-bond donors (Lipinski definition) is 2. The van der Waals surface area contributed by atoms with Crippen molar-refractivity contribution < 1.29 is 19.4 Å². The molecule has 0 unspecified atom stereocenters. The lowest BCUT2D eigenvalue weighted by Crippen LogP contribution is -2.35. The molecule has 2 N–H and O–H groups in total. The van der Waals surface area contributed by atoms with Crippen LogP contribution in [0.5, 0.6) is 5.75 Å². The number of carboxylic acids is 1. The molecule has 1 aromatic heterocycles. The highest BCUT2D eigenvalue weighted by Crippen LogP contribution is 2.34. The number of anilines is 1. The van der Waals surface area contributed by atoms with Crippen LogP contribution < -0.4 is 10.1 Å². The summed E-state index contributed by atoms with van der Waals surface area (Å²) in [6, 6.07) is 12.7. The first-order valence-electron chi connectivity index (χ1n) is 11.5. The van der Waals surface area contributed by atoms with Gasteiger partial charge in [-0.2, -0.15) is 0 Å². The molecule has 1 saturated heterocycles. The maximum absolute atomic E-state index is 10.7. The second-order valence-electron chi connectivity index (χ2n) is 8.55. The summed E-state index contributed by atoms with van der Waals surface area (Å²) < 4.78 is 11.7. The van der Waals surface area contributed by atoms with Crippen molar-refractivity contribution in [3.05, 3.63) is 64.0 Å². The molecule has 8 heteroatoms. The molecule has 0 spiro atoms. The van der Waals surface area contributed by atoms with Gasteiger partial charge in [-0.3, -0.25) is 9.69 Å². The SMILES string of the molecule is Cc1ccc(OCc2ccc(CN3CCOCC3)cc2C)c(-c2csc(NCCC(=O)O)n2)c1. The first kappa shape index (κ1) is 24.2. The first-order chi connectivity index (χ1) is 16.5. The van der Waals surface area contributed by atoms with Crippen LogP contribution in [0.25, 0.3) is 11.3 Å². The summed E-state index contributed by atoms with van der Waals surface area (Å²) >= 11 is 1.46. The number of rotatable bonds is 10. The molecule has 34 heavy (non-hydrogen) atoms. The lowest BCUT2D eigenvalue weighted by Gasteiger charge is -2.26. The number of morpholine rings is 1. The third-order valence-electron chi connectivity index (χ3n) is 5.83. The Morgan fingerprint density at radius 2 is 2.03 bits per heavy atom. The van der Waals surface area contributed by atoms with Crippen molar-refractivity contribution in [1.82, 2.24) is 9.88 Å². The lowest BCUT2D eigenvalue weighted by atomic mass is 10.0. The second kappa shape index (κ2) is 11.5. The fraction of sp³-hybridized carbons (Fsp3) is 0.385. The summed E-state index contributed by atoms with van der Waals surface area (Å²) in [7, 11) is 0. The van der Waals surface area contributed by atoms with E-state index in [0.717, 1.165) is 61.0 Å². The maximum atomic E-state index is 10.7. The highest BCUT2D eigenvalue weighted by Gasteiger charge is 2.14. The Morgan fingerprint density at radius 1 is 1.21 bits per heavy atom.